The van der Waals surface area contributed by atoms with Crippen molar-refractivity contribution >= 4 is 37.9 Å². The van der Waals surface area contributed by atoms with Crippen LogP contribution in [-0.4, -0.2) is 79.2 Å². The molecule has 0 aromatic carbocycles. The number of aryl methyl sites for hydroxylation is 1. The Morgan fingerprint density at radius 1 is 1.10 bits per heavy atom. The van der Waals surface area contributed by atoms with Crippen LogP contribution in [0.15, 0.2) is 16.7 Å². The molecule has 2 aliphatic heterocycles. The SMILES string of the molecule is Cc1nc(N2CCOCC2)c2oc3ncc([C@H](C)N4CCS(=O)(=O)CC4)cc3c2n1. The first kappa shape index (κ1) is 19.7. The first-order chi connectivity index (χ1) is 14.4. The van der Waals surface area contributed by atoms with Gasteiger partial charge >= 0.3 is 0 Å². The zero-order valence-electron chi connectivity index (χ0n) is 17.2. The summed E-state index contributed by atoms with van der Waals surface area (Å²) in [5, 5.41) is 0.860. The van der Waals surface area contributed by atoms with Crippen LogP contribution in [0.5, 0.6) is 0 Å². The van der Waals surface area contributed by atoms with Crippen molar-refractivity contribution in [2.45, 2.75) is 19.9 Å². The summed E-state index contributed by atoms with van der Waals surface area (Å²) in [6.45, 7) is 7.89. The third-order valence-corrected chi connectivity index (χ3v) is 7.61. The van der Waals surface area contributed by atoms with Gasteiger partial charge in [0.2, 0.25) is 5.71 Å². The lowest BCUT2D eigenvalue weighted by Crippen LogP contribution is -2.41. The third kappa shape index (κ3) is 3.52. The minimum absolute atomic E-state index is 0.0593. The number of fused-ring (bicyclic) bond motifs is 3. The van der Waals surface area contributed by atoms with Gasteiger partial charge in [0.25, 0.3) is 0 Å². The Hall–Kier alpha value is -2.30. The van der Waals surface area contributed by atoms with E-state index in [-0.39, 0.29) is 17.5 Å². The van der Waals surface area contributed by atoms with Crippen molar-refractivity contribution in [2.75, 3.05) is 55.8 Å². The molecule has 5 heterocycles. The molecule has 1 atom stereocenters. The molecular formula is C20H25N5O4S. The summed E-state index contributed by atoms with van der Waals surface area (Å²) < 4.78 is 35.1. The number of anilines is 1. The topological polar surface area (TPSA) is 102 Å². The van der Waals surface area contributed by atoms with Crippen molar-refractivity contribution in [3.63, 3.8) is 0 Å². The van der Waals surface area contributed by atoms with Crippen LogP contribution in [0, 0.1) is 6.92 Å². The number of hydrogen-bond donors (Lipinski definition) is 0. The second-order valence-electron chi connectivity index (χ2n) is 7.96. The Bertz CT molecular complexity index is 1190. The van der Waals surface area contributed by atoms with Crippen LogP contribution in [0.2, 0.25) is 0 Å². The number of furan rings is 1. The molecule has 2 aliphatic rings. The molecule has 0 unspecified atom stereocenters. The van der Waals surface area contributed by atoms with Crippen LogP contribution in [0.25, 0.3) is 22.2 Å². The van der Waals surface area contributed by atoms with Gasteiger partial charge in [0, 0.05) is 38.4 Å². The van der Waals surface area contributed by atoms with E-state index in [1.807, 2.05) is 13.1 Å². The summed E-state index contributed by atoms with van der Waals surface area (Å²) in [4.78, 5) is 18.2. The van der Waals surface area contributed by atoms with Crippen molar-refractivity contribution in [3.05, 3.63) is 23.7 Å². The smallest absolute Gasteiger partial charge is 0.229 e. The molecule has 5 rings (SSSR count). The quantitative estimate of drug-likeness (QED) is 0.613. The van der Waals surface area contributed by atoms with Gasteiger partial charge in [-0.2, -0.15) is 0 Å². The lowest BCUT2D eigenvalue weighted by molar-refractivity contribution is 0.122. The maximum Gasteiger partial charge on any atom is 0.229 e. The summed E-state index contributed by atoms with van der Waals surface area (Å²) in [6.07, 6.45) is 1.81. The van der Waals surface area contributed by atoms with Gasteiger partial charge in [-0.25, -0.2) is 23.4 Å². The molecule has 3 aromatic rings. The van der Waals surface area contributed by atoms with Crippen molar-refractivity contribution < 1.29 is 17.6 Å². The lowest BCUT2D eigenvalue weighted by atomic mass is 10.1. The number of aromatic nitrogens is 3. The van der Waals surface area contributed by atoms with Crippen molar-refractivity contribution in [1.82, 2.24) is 19.9 Å². The molecule has 0 bridgehead atoms. The first-order valence-corrected chi connectivity index (χ1v) is 12.1. The molecule has 2 saturated heterocycles. The van der Waals surface area contributed by atoms with E-state index in [2.05, 4.69) is 37.7 Å². The van der Waals surface area contributed by atoms with Gasteiger partial charge in [-0.15, -0.1) is 0 Å². The largest absolute Gasteiger partial charge is 0.432 e. The zero-order chi connectivity index (χ0) is 20.9. The van der Waals surface area contributed by atoms with Gasteiger partial charge in [0.1, 0.15) is 11.3 Å². The molecule has 30 heavy (non-hydrogen) atoms. The molecule has 0 N–H and O–H groups in total. The minimum atomic E-state index is -2.91. The van der Waals surface area contributed by atoms with Crippen LogP contribution >= 0.6 is 0 Å². The second kappa shape index (κ2) is 7.44. The van der Waals surface area contributed by atoms with E-state index in [1.54, 1.807) is 0 Å². The highest BCUT2D eigenvalue weighted by molar-refractivity contribution is 7.91. The maximum absolute atomic E-state index is 11.8. The fourth-order valence-corrected chi connectivity index (χ4v) is 5.41. The van der Waals surface area contributed by atoms with Gasteiger partial charge in [0.05, 0.1) is 30.1 Å². The first-order valence-electron chi connectivity index (χ1n) is 10.3. The number of morpholine rings is 1. The summed E-state index contributed by atoms with van der Waals surface area (Å²) in [6, 6.07) is 2.13. The summed E-state index contributed by atoms with van der Waals surface area (Å²) >= 11 is 0. The molecule has 0 amide bonds. The molecule has 10 heteroatoms. The Morgan fingerprint density at radius 2 is 1.83 bits per heavy atom. The second-order valence-corrected chi connectivity index (χ2v) is 10.3. The van der Waals surface area contributed by atoms with E-state index in [0.29, 0.717) is 43.4 Å². The van der Waals surface area contributed by atoms with Gasteiger partial charge in [-0.3, -0.25) is 4.90 Å². The number of nitrogens with zero attached hydrogens (tertiary/aromatic N) is 5. The van der Waals surface area contributed by atoms with Crippen LogP contribution in [-0.2, 0) is 14.6 Å². The van der Waals surface area contributed by atoms with E-state index in [1.165, 1.54) is 0 Å². The fourth-order valence-electron chi connectivity index (χ4n) is 4.18. The van der Waals surface area contributed by atoms with Gasteiger partial charge < -0.3 is 14.1 Å². The highest BCUT2D eigenvalue weighted by Gasteiger charge is 2.27. The highest BCUT2D eigenvalue weighted by atomic mass is 32.2. The summed E-state index contributed by atoms with van der Waals surface area (Å²) in [5.74, 6) is 1.88. The normalized spacial score (nSPS) is 21.3. The van der Waals surface area contributed by atoms with Gasteiger partial charge in [-0.05, 0) is 25.5 Å². The van der Waals surface area contributed by atoms with Crippen LogP contribution < -0.4 is 4.90 Å². The van der Waals surface area contributed by atoms with Crippen LogP contribution in [0.4, 0.5) is 5.82 Å². The molecule has 2 fully saturated rings. The Labute approximate surface area is 175 Å². The maximum atomic E-state index is 11.8. The standard InChI is InChI=1S/C20H25N5O4S/c1-13(24-5-9-30(26,27)10-6-24)15-11-16-17-18(29-20(16)21-12-15)19(23-14(2)22-17)25-3-7-28-8-4-25/h11-13H,3-10H2,1-2H3/t13-/m0/s1. The monoisotopic (exact) mass is 431 g/mol. The third-order valence-electron chi connectivity index (χ3n) is 6.01. The van der Waals surface area contributed by atoms with Crippen LogP contribution in [0.3, 0.4) is 0 Å². The highest BCUT2D eigenvalue weighted by Crippen LogP contribution is 2.34. The molecule has 0 spiro atoms. The summed E-state index contributed by atoms with van der Waals surface area (Å²) in [5.41, 5.74) is 2.98. The average Bonchev–Trinajstić information content (AvgIpc) is 3.11. The molecule has 0 saturated carbocycles. The Balaban J connectivity index is 1.54. The Kier molecular flexibility index (Phi) is 4.87. The Morgan fingerprint density at radius 3 is 2.57 bits per heavy atom. The number of ether oxygens (including phenoxy) is 1. The summed E-state index contributed by atoms with van der Waals surface area (Å²) in [7, 11) is -2.91. The van der Waals surface area contributed by atoms with E-state index < -0.39 is 9.84 Å². The van der Waals surface area contributed by atoms with E-state index >= 15 is 0 Å². The van der Waals surface area contributed by atoms with Gasteiger partial charge in [-0.1, -0.05) is 0 Å². The van der Waals surface area contributed by atoms with E-state index in [9.17, 15) is 8.42 Å². The predicted octanol–water partition coefficient (Wildman–Crippen LogP) is 1.71. The zero-order valence-corrected chi connectivity index (χ0v) is 18.0. The van der Waals surface area contributed by atoms with Gasteiger partial charge in [0.15, 0.2) is 21.2 Å². The molecule has 0 aliphatic carbocycles. The molecular weight excluding hydrogens is 406 g/mol. The van der Waals surface area contributed by atoms with Crippen LogP contribution in [0.1, 0.15) is 24.4 Å². The van der Waals surface area contributed by atoms with Crippen molar-refractivity contribution in [1.29, 1.82) is 0 Å². The molecule has 9 nitrogen and oxygen atoms in total. The van der Waals surface area contributed by atoms with Crippen molar-refractivity contribution in [3.8, 4) is 0 Å². The number of pyridine rings is 1. The van der Waals surface area contributed by atoms with E-state index in [0.717, 1.165) is 35.4 Å². The average molecular weight is 432 g/mol. The number of sulfone groups is 1. The lowest BCUT2D eigenvalue weighted by Gasteiger charge is -2.32. The number of hydrogen-bond acceptors (Lipinski definition) is 9. The van der Waals surface area contributed by atoms with Crippen molar-refractivity contribution in [2.24, 2.45) is 0 Å². The van der Waals surface area contributed by atoms with E-state index in [4.69, 9.17) is 9.15 Å². The fraction of sp³-hybridized carbons (Fsp3) is 0.550. The molecule has 160 valence electrons. The predicted molar refractivity (Wildman–Crippen MR) is 114 cm³/mol. The minimum Gasteiger partial charge on any atom is -0.432 e. The number of rotatable bonds is 3. The molecule has 0 radical (unpaired) electrons. The molecule has 3 aromatic heterocycles.